The van der Waals surface area contributed by atoms with Crippen molar-refractivity contribution in [1.82, 2.24) is 10.2 Å². The number of fused-ring (bicyclic) bond motifs is 1. The van der Waals surface area contributed by atoms with E-state index in [0.29, 0.717) is 11.8 Å². The third kappa shape index (κ3) is 5.73. The van der Waals surface area contributed by atoms with Crippen LogP contribution in [0.3, 0.4) is 0 Å². The molecule has 4 nitrogen and oxygen atoms in total. The zero-order valence-corrected chi connectivity index (χ0v) is 25.0. The maximum atomic E-state index is 14.6. The minimum absolute atomic E-state index is 0.0366. The number of thiophene rings is 1. The van der Waals surface area contributed by atoms with Crippen molar-refractivity contribution in [3.05, 3.63) is 81.7 Å². The summed E-state index contributed by atoms with van der Waals surface area (Å²) in [5.74, 6) is -0.884. The largest absolute Gasteiger partial charge is 0.496 e. The van der Waals surface area contributed by atoms with Crippen LogP contribution in [0.25, 0.3) is 21.2 Å². The fourth-order valence-corrected chi connectivity index (χ4v) is 7.37. The van der Waals surface area contributed by atoms with Crippen molar-refractivity contribution in [3.63, 3.8) is 0 Å². The highest BCUT2D eigenvalue weighted by molar-refractivity contribution is 7.98. The molecule has 1 saturated carbocycles. The third-order valence-corrected chi connectivity index (χ3v) is 10.1. The number of methoxy groups -OCH3 is 1. The van der Waals surface area contributed by atoms with Gasteiger partial charge in [0.2, 0.25) is 0 Å². The van der Waals surface area contributed by atoms with Gasteiger partial charge in [-0.3, -0.25) is 4.79 Å². The smallest absolute Gasteiger partial charge is 0.266 e. The van der Waals surface area contributed by atoms with Gasteiger partial charge >= 0.3 is 0 Å². The lowest BCUT2D eigenvalue weighted by Crippen LogP contribution is -2.44. The molecule has 9 heteroatoms. The van der Waals surface area contributed by atoms with E-state index in [1.807, 2.05) is 30.3 Å². The Morgan fingerprint density at radius 2 is 1.73 bits per heavy atom. The van der Waals surface area contributed by atoms with Crippen LogP contribution in [0.1, 0.15) is 40.9 Å². The molecule has 1 N–H and O–H groups in total. The highest BCUT2D eigenvalue weighted by Gasteiger charge is 2.33. The highest BCUT2D eigenvalue weighted by Crippen LogP contribution is 2.40. The number of rotatable bonds is 8. The van der Waals surface area contributed by atoms with Crippen LogP contribution in [0.5, 0.6) is 5.75 Å². The van der Waals surface area contributed by atoms with Gasteiger partial charge in [0.1, 0.15) is 22.3 Å². The van der Waals surface area contributed by atoms with Gasteiger partial charge in [-0.2, -0.15) is 0 Å². The summed E-state index contributed by atoms with van der Waals surface area (Å²) in [6, 6.07) is 16.8. The van der Waals surface area contributed by atoms with Crippen LogP contribution < -0.4 is 10.1 Å². The van der Waals surface area contributed by atoms with Gasteiger partial charge in [0, 0.05) is 29.1 Å². The Morgan fingerprint density at radius 3 is 2.35 bits per heavy atom. The summed E-state index contributed by atoms with van der Waals surface area (Å²) in [6.07, 6.45) is 5.50. The van der Waals surface area contributed by atoms with Crippen LogP contribution in [-0.4, -0.2) is 43.3 Å². The summed E-state index contributed by atoms with van der Waals surface area (Å²) in [5.41, 5.74) is 2.93. The molecule has 1 aromatic heterocycles. The molecule has 0 aliphatic heterocycles. The van der Waals surface area contributed by atoms with E-state index in [2.05, 4.69) is 35.6 Å². The Hall–Kier alpha value is -2.65. The third-order valence-electron chi connectivity index (χ3n) is 7.73. The summed E-state index contributed by atoms with van der Waals surface area (Å²) < 4.78 is 35.0. The van der Waals surface area contributed by atoms with Crippen molar-refractivity contribution in [1.29, 1.82) is 0 Å². The number of hydrogen-bond acceptors (Lipinski definition) is 5. The Kier molecular flexibility index (Phi) is 9.00. The molecule has 1 aliphatic carbocycles. The van der Waals surface area contributed by atoms with E-state index >= 15 is 0 Å². The maximum Gasteiger partial charge on any atom is 0.266 e. The average molecular weight is 601 g/mol. The molecule has 0 atom stereocenters. The molecule has 0 bridgehead atoms. The second-order valence-electron chi connectivity index (χ2n) is 9.96. The summed E-state index contributed by atoms with van der Waals surface area (Å²) >= 11 is 9.17. The molecule has 5 rings (SSSR count). The number of nitrogens with one attached hydrogen (secondary N) is 1. The standard InChI is InChI=1S/C31H31ClF2N2O2S2/c1-35-21-7-9-22(10-8-21)36(31(37)30-28(32)27-24(33)13-14-25(34)29(27)40-30)17-20-16-19(6-15-26(20)38-2)18-4-11-23(39-3)12-5-18/h4-6,11-16,21-22,35H,7-10,17H2,1-3H3/t21-,22-. The van der Waals surface area contributed by atoms with Crippen LogP contribution in [0, 0.1) is 11.6 Å². The van der Waals surface area contributed by atoms with Gasteiger partial charge < -0.3 is 15.0 Å². The van der Waals surface area contributed by atoms with Crippen molar-refractivity contribution in [3.8, 4) is 16.9 Å². The van der Waals surface area contributed by atoms with Crippen LogP contribution >= 0.6 is 34.7 Å². The summed E-state index contributed by atoms with van der Waals surface area (Å²) in [5, 5.41) is 3.26. The Balaban J connectivity index is 1.55. The number of nitrogens with zero attached hydrogens (tertiary/aromatic N) is 1. The lowest BCUT2D eigenvalue weighted by Gasteiger charge is -2.37. The van der Waals surface area contributed by atoms with Crippen LogP contribution in [0.4, 0.5) is 8.78 Å². The lowest BCUT2D eigenvalue weighted by molar-refractivity contribution is 0.0604. The van der Waals surface area contributed by atoms with Gasteiger partial charge in [0.05, 0.1) is 22.2 Å². The Labute approximate surface area is 246 Å². The first-order chi connectivity index (χ1) is 19.3. The number of carbonyl (C=O) groups excluding carboxylic acids is 1. The van der Waals surface area contributed by atoms with Gasteiger partial charge in [0.25, 0.3) is 5.91 Å². The van der Waals surface area contributed by atoms with E-state index in [1.54, 1.807) is 18.9 Å². The van der Waals surface area contributed by atoms with Crippen LogP contribution in [-0.2, 0) is 6.54 Å². The topological polar surface area (TPSA) is 41.6 Å². The second kappa shape index (κ2) is 12.5. The summed E-state index contributed by atoms with van der Waals surface area (Å²) in [4.78, 5) is 17.3. The Bertz CT molecular complexity index is 1520. The summed E-state index contributed by atoms with van der Waals surface area (Å²) in [6.45, 7) is 0.281. The van der Waals surface area contributed by atoms with E-state index in [0.717, 1.165) is 65.8 Å². The molecule has 1 aliphatic rings. The molecule has 0 radical (unpaired) electrons. The predicted octanol–water partition coefficient (Wildman–Crippen LogP) is 8.40. The molecule has 0 spiro atoms. The summed E-state index contributed by atoms with van der Waals surface area (Å²) in [7, 11) is 3.57. The average Bonchev–Trinajstić information content (AvgIpc) is 3.35. The molecular weight excluding hydrogens is 570 g/mol. The second-order valence-corrected chi connectivity index (χ2v) is 12.2. The minimum Gasteiger partial charge on any atom is -0.496 e. The van der Waals surface area contributed by atoms with Gasteiger partial charge in [0.15, 0.2) is 0 Å². The molecule has 1 heterocycles. The first kappa shape index (κ1) is 28.9. The normalized spacial score (nSPS) is 17.2. The van der Waals surface area contributed by atoms with Crippen LogP contribution in [0.2, 0.25) is 5.02 Å². The minimum atomic E-state index is -0.639. The van der Waals surface area contributed by atoms with Crippen molar-refractivity contribution in [2.24, 2.45) is 0 Å². The molecule has 40 heavy (non-hydrogen) atoms. The van der Waals surface area contributed by atoms with Crippen molar-refractivity contribution >= 4 is 50.7 Å². The van der Waals surface area contributed by atoms with Crippen molar-refractivity contribution in [2.45, 2.75) is 49.2 Å². The SMILES string of the molecule is CN[C@H]1CC[C@H](N(Cc2cc(-c3ccc(SC)cc3)ccc2OC)C(=O)c2sc3c(F)ccc(F)c3c2Cl)CC1. The number of thioether (sulfide) groups is 1. The Morgan fingerprint density at radius 1 is 1.05 bits per heavy atom. The predicted molar refractivity (Wildman–Crippen MR) is 162 cm³/mol. The van der Waals surface area contributed by atoms with E-state index in [4.69, 9.17) is 16.3 Å². The highest BCUT2D eigenvalue weighted by atomic mass is 35.5. The number of carbonyl (C=O) groups is 1. The number of ether oxygens (including phenoxy) is 1. The monoisotopic (exact) mass is 600 g/mol. The van der Waals surface area contributed by atoms with Crippen molar-refractivity contribution < 1.29 is 18.3 Å². The number of hydrogen-bond donors (Lipinski definition) is 1. The number of amides is 1. The number of benzene rings is 3. The van der Waals surface area contributed by atoms with Gasteiger partial charge in [-0.25, -0.2) is 8.78 Å². The van der Waals surface area contributed by atoms with E-state index < -0.39 is 11.6 Å². The molecule has 1 fully saturated rings. The first-order valence-corrected chi connectivity index (χ1v) is 15.6. The molecule has 3 aromatic carbocycles. The van der Waals surface area contributed by atoms with E-state index in [1.165, 1.54) is 4.90 Å². The van der Waals surface area contributed by atoms with Crippen molar-refractivity contribution in [2.75, 3.05) is 20.4 Å². The lowest BCUT2D eigenvalue weighted by atomic mass is 9.89. The van der Waals surface area contributed by atoms with Gasteiger partial charge in [-0.05, 0) is 86.5 Å². The molecule has 0 saturated heterocycles. The zero-order valence-electron chi connectivity index (χ0n) is 22.6. The zero-order chi connectivity index (χ0) is 28.4. The molecular formula is C31H31ClF2N2O2S2. The van der Waals surface area contributed by atoms with E-state index in [9.17, 15) is 13.6 Å². The van der Waals surface area contributed by atoms with Gasteiger partial charge in [-0.1, -0.05) is 29.8 Å². The van der Waals surface area contributed by atoms with E-state index in [-0.39, 0.29) is 38.5 Å². The quantitative estimate of drug-likeness (QED) is 0.206. The first-order valence-electron chi connectivity index (χ1n) is 13.2. The van der Waals surface area contributed by atoms with Gasteiger partial charge in [-0.15, -0.1) is 23.1 Å². The molecule has 1 amide bonds. The fourth-order valence-electron chi connectivity index (χ4n) is 5.46. The molecule has 0 unspecified atom stereocenters. The molecule has 4 aromatic rings. The maximum absolute atomic E-state index is 14.6. The molecule has 210 valence electrons. The number of halogens is 3. The fraction of sp³-hybridized carbons (Fsp3) is 0.323. The van der Waals surface area contributed by atoms with Crippen LogP contribution in [0.15, 0.2) is 59.5 Å².